The van der Waals surface area contributed by atoms with E-state index in [4.69, 9.17) is 5.73 Å². The number of rotatable bonds is 9. The minimum atomic E-state index is -0.493. The van der Waals surface area contributed by atoms with Gasteiger partial charge in [-0.3, -0.25) is 4.79 Å². The molecule has 4 heteroatoms. The molecule has 0 bridgehead atoms. The summed E-state index contributed by atoms with van der Waals surface area (Å²) in [6, 6.07) is 7.61. The molecule has 1 aromatic heterocycles. The lowest BCUT2D eigenvalue weighted by Gasteiger charge is -2.14. The Kier molecular flexibility index (Phi) is 6.51. The molecule has 0 aliphatic heterocycles. The number of para-hydroxylation sites is 2. The van der Waals surface area contributed by atoms with Crippen LogP contribution >= 0.6 is 0 Å². The van der Waals surface area contributed by atoms with Gasteiger partial charge in [-0.2, -0.15) is 0 Å². The number of nitrogens with two attached hydrogens (primary N) is 1. The van der Waals surface area contributed by atoms with Gasteiger partial charge in [0.05, 0.1) is 16.7 Å². The molecule has 2 aromatic rings. The summed E-state index contributed by atoms with van der Waals surface area (Å²) >= 11 is 0. The lowest BCUT2D eigenvalue weighted by atomic mass is 9.96. The molecule has 124 valence electrons. The summed E-state index contributed by atoms with van der Waals surface area (Å²) in [6.07, 6.45) is 8.58. The van der Waals surface area contributed by atoms with Gasteiger partial charge in [-0.15, -0.1) is 0 Å². The number of unbranched alkanes of at least 4 members (excludes halogenated alkanes) is 5. The Labute approximate surface area is 138 Å². The zero-order valence-corrected chi connectivity index (χ0v) is 14.2. The number of aromatic nitrogens is 2. The highest BCUT2D eigenvalue weighted by atomic mass is 16.1. The Morgan fingerprint density at radius 1 is 1.04 bits per heavy atom. The van der Waals surface area contributed by atoms with Crippen LogP contribution in [0.3, 0.4) is 0 Å². The van der Waals surface area contributed by atoms with E-state index in [1.165, 1.54) is 32.1 Å². The lowest BCUT2D eigenvalue weighted by Crippen LogP contribution is -2.18. The van der Waals surface area contributed by atoms with Crippen molar-refractivity contribution in [1.82, 2.24) is 9.97 Å². The molecule has 0 radical (unpaired) electrons. The van der Waals surface area contributed by atoms with Crippen LogP contribution in [0, 0.1) is 0 Å². The summed E-state index contributed by atoms with van der Waals surface area (Å²) in [5.41, 5.74) is 8.11. The van der Waals surface area contributed by atoms with Gasteiger partial charge in [0.25, 0.3) is 5.91 Å². The average molecular weight is 313 g/mol. The van der Waals surface area contributed by atoms with E-state index in [2.05, 4.69) is 23.8 Å². The first kappa shape index (κ1) is 17.4. The van der Waals surface area contributed by atoms with Crippen molar-refractivity contribution in [3.63, 3.8) is 0 Å². The van der Waals surface area contributed by atoms with Crippen LogP contribution in [0.25, 0.3) is 11.0 Å². The van der Waals surface area contributed by atoms with Crippen LogP contribution in [0.1, 0.15) is 80.9 Å². The number of carbonyl (C=O) groups excluding carboxylic acids is 1. The number of carbonyl (C=O) groups is 1. The second-order valence-electron chi connectivity index (χ2n) is 6.27. The molecule has 2 rings (SSSR count). The Hall–Kier alpha value is -1.97. The summed E-state index contributed by atoms with van der Waals surface area (Å²) in [7, 11) is 0. The van der Waals surface area contributed by atoms with Crippen molar-refractivity contribution in [2.45, 2.75) is 64.7 Å². The van der Waals surface area contributed by atoms with Gasteiger partial charge in [-0.05, 0) is 18.6 Å². The van der Waals surface area contributed by atoms with Crippen LogP contribution in [-0.4, -0.2) is 15.9 Å². The average Bonchev–Trinajstić information content (AvgIpc) is 2.56. The fourth-order valence-corrected chi connectivity index (χ4v) is 2.91. The number of hydrogen-bond donors (Lipinski definition) is 1. The highest BCUT2D eigenvalue weighted by Gasteiger charge is 2.18. The van der Waals surface area contributed by atoms with E-state index >= 15 is 0 Å². The van der Waals surface area contributed by atoms with E-state index in [1.54, 1.807) is 0 Å². The van der Waals surface area contributed by atoms with E-state index in [0.717, 1.165) is 29.6 Å². The normalized spacial score (nSPS) is 12.4. The Morgan fingerprint density at radius 3 is 2.30 bits per heavy atom. The summed E-state index contributed by atoms with van der Waals surface area (Å²) in [5.74, 6) is -0.297. The van der Waals surface area contributed by atoms with Crippen molar-refractivity contribution in [2.75, 3.05) is 0 Å². The molecule has 1 aromatic carbocycles. The Balaban J connectivity index is 2.07. The maximum Gasteiger partial charge on any atom is 0.269 e. The number of benzene rings is 1. The largest absolute Gasteiger partial charge is 0.364 e. The van der Waals surface area contributed by atoms with Crippen molar-refractivity contribution in [3.05, 3.63) is 35.7 Å². The predicted molar refractivity (Wildman–Crippen MR) is 94.5 cm³/mol. The van der Waals surface area contributed by atoms with Gasteiger partial charge in [0.1, 0.15) is 5.69 Å². The number of amides is 1. The zero-order chi connectivity index (χ0) is 16.7. The molecular weight excluding hydrogens is 286 g/mol. The van der Waals surface area contributed by atoms with E-state index in [1.807, 2.05) is 24.3 Å². The molecule has 0 saturated heterocycles. The molecule has 0 fully saturated rings. The number of primary amides is 1. The van der Waals surface area contributed by atoms with Gasteiger partial charge in [0.2, 0.25) is 0 Å². The summed E-state index contributed by atoms with van der Waals surface area (Å²) < 4.78 is 0. The third kappa shape index (κ3) is 4.75. The van der Waals surface area contributed by atoms with E-state index in [-0.39, 0.29) is 5.92 Å². The summed E-state index contributed by atoms with van der Waals surface area (Å²) in [5, 5.41) is 0. The van der Waals surface area contributed by atoms with E-state index < -0.39 is 5.91 Å². The van der Waals surface area contributed by atoms with Gasteiger partial charge in [0, 0.05) is 5.92 Å². The molecular formula is C19H27N3O. The minimum absolute atomic E-state index is 0.195. The SMILES string of the molecule is CCCCCCCCC(C)c1nc2ccccc2nc1C(N)=O. The molecule has 0 spiro atoms. The summed E-state index contributed by atoms with van der Waals surface area (Å²) in [6.45, 7) is 4.34. The van der Waals surface area contributed by atoms with Crippen LogP contribution in [0.15, 0.2) is 24.3 Å². The molecule has 0 saturated carbocycles. The zero-order valence-electron chi connectivity index (χ0n) is 14.2. The fraction of sp³-hybridized carbons (Fsp3) is 0.526. The first-order valence-electron chi connectivity index (χ1n) is 8.70. The fourth-order valence-electron chi connectivity index (χ4n) is 2.91. The maximum absolute atomic E-state index is 11.7. The molecule has 1 unspecified atom stereocenters. The van der Waals surface area contributed by atoms with Crippen LogP contribution in [0.4, 0.5) is 0 Å². The predicted octanol–water partition coefficient (Wildman–Crippen LogP) is 4.58. The third-order valence-corrected chi connectivity index (χ3v) is 4.29. The topological polar surface area (TPSA) is 68.9 Å². The van der Waals surface area contributed by atoms with Gasteiger partial charge in [-0.1, -0.05) is 64.5 Å². The van der Waals surface area contributed by atoms with E-state index in [9.17, 15) is 4.79 Å². The van der Waals surface area contributed by atoms with Crippen LogP contribution in [0.5, 0.6) is 0 Å². The number of nitrogens with zero attached hydrogens (tertiary/aromatic N) is 2. The molecule has 1 amide bonds. The molecule has 2 N–H and O–H groups in total. The minimum Gasteiger partial charge on any atom is -0.364 e. The van der Waals surface area contributed by atoms with Gasteiger partial charge in [0.15, 0.2) is 0 Å². The van der Waals surface area contributed by atoms with Crippen molar-refractivity contribution in [1.29, 1.82) is 0 Å². The monoisotopic (exact) mass is 313 g/mol. The van der Waals surface area contributed by atoms with Crippen molar-refractivity contribution in [3.8, 4) is 0 Å². The van der Waals surface area contributed by atoms with Crippen molar-refractivity contribution in [2.24, 2.45) is 5.73 Å². The van der Waals surface area contributed by atoms with Crippen LogP contribution in [-0.2, 0) is 0 Å². The second-order valence-corrected chi connectivity index (χ2v) is 6.27. The first-order chi connectivity index (χ1) is 11.1. The lowest BCUT2D eigenvalue weighted by molar-refractivity contribution is 0.0994. The highest BCUT2D eigenvalue weighted by Crippen LogP contribution is 2.25. The van der Waals surface area contributed by atoms with E-state index in [0.29, 0.717) is 5.69 Å². The third-order valence-electron chi connectivity index (χ3n) is 4.29. The van der Waals surface area contributed by atoms with Gasteiger partial charge >= 0.3 is 0 Å². The molecule has 23 heavy (non-hydrogen) atoms. The second kappa shape index (κ2) is 8.61. The Morgan fingerprint density at radius 2 is 1.65 bits per heavy atom. The number of hydrogen-bond acceptors (Lipinski definition) is 3. The quantitative estimate of drug-likeness (QED) is 0.689. The smallest absolute Gasteiger partial charge is 0.269 e. The van der Waals surface area contributed by atoms with Crippen molar-refractivity contribution >= 4 is 16.9 Å². The van der Waals surface area contributed by atoms with Crippen LogP contribution in [0.2, 0.25) is 0 Å². The molecule has 4 nitrogen and oxygen atoms in total. The molecule has 0 aliphatic carbocycles. The first-order valence-corrected chi connectivity index (χ1v) is 8.70. The summed E-state index contributed by atoms with van der Waals surface area (Å²) in [4.78, 5) is 20.8. The van der Waals surface area contributed by atoms with Gasteiger partial charge in [-0.25, -0.2) is 9.97 Å². The molecule has 1 heterocycles. The Bertz CT molecular complexity index is 654. The van der Waals surface area contributed by atoms with Crippen LogP contribution < -0.4 is 5.73 Å². The highest BCUT2D eigenvalue weighted by molar-refractivity contribution is 5.94. The van der Waals surface area contributed by atoms with Crippen molar-refractivity contribution < 1.29 is 4.79 Å². The molecule has 1 atom stereocenters. The number of fused-ring (bicyclic) bond motifs is 1. The maximum atomic E-state index is 11.7. The standard InChI is InChI=1S/C19H27N3O/c1-3-4-5-6-7-8-11-14(2)17-18(19(20)23)22-16-13-10-9-12-15(16)21-17/h9-10,12-14H,3-8,11H2,1-2H3,(H2,20,23). The molecule has 0 aliphatic rings. The van der Waals surface area contributed by atoms with Gasteiger partial charge < -0.3 is 5.73 Å².